The number of primary amides is 1. The van der Waals surface area contributed by atoms with E-state index < -0.39 is 0 Å². The van der Waals surface area contributed by atoms with Crippen LogP contribution < -0.4 is 5.73 Å². The first-order valence-electron chi connectivity index (χ1n) is 6.49. The minimum Gasteiger partial charge on any atom is -0.463 e. The van der Waals surface area contributed by atoms with Crippen LogP contribution in [0.25, 0.3) is 0 Å². The number of nitrogens with two attached hydrogens (primary N) is 1. The van der Waals surface area contributed by atoms with E-state index in [1.165, 1.54) is 18.9 Å². The van der Waals surface area contributed by atoms with Gasteiger partial charge >= 0.3 is 5.97 Å². The third kappa shape index (κ3) is 5.31. The lowest BCUT2D eigenvalue weighted by atomic mass is 10.2. The lowest BCUT2D eigenvalue weighted by Gasteiger charge is -2.25. The summed E-state index contributed by atoms with van der Waals surface area (Å²) in [6, 6.07) is 0.407. The molecular formula is C13H22N2O3. The largest absolute Gasteiger partial charge is 0.463 e. The molecule has 0 bridgehead atoms. The molecule has 0 radical (unpaired) electrons. The number of hydrogen-bond donors (Lipinski definition) is 1. The third-order valence-electron chi connectivity index (χ3n) is 3.08. The minimum absolute atomic E-state index is 0.248. The zero-order valence-corrected chi connectivity index (χ0v) is 10.9. The van der Waals surface area contributed by atoms with E-state index in [1.807, 2.05) is 4.90 Å². The molecule has 18 heavy (non-hydrogen) atoms. The van der Waals surface area contributed by atoms with Gasteiger partial charge in [-0.25, -0.2) is 4.79 Å². The van der Waals surface area contributed by atoms with Crippen molar-refractivity contribution in [2.24, 2.45) is 5.73 Å². The second kappa shape index (κ2) is 7.87. The molecule has 1 amide bonds. The monoisotopic (exact) mass is 254 g/mol. The molecule has 0 aromatic heterocycles. The van der Waals surface area contributed by atoms with Crippen LogP contribution in [0.2, 0.25) is 0 Å². The summed E-state index contributed by atoms with van der Waals surface area (Å²) < 4.78 is 4.79. The number of rotatable bonds is 7. The first kappa shape index (κ1) is 14.7. The molecule has 0 unspecified atom stereocenters. The van der Waals surface area contributed by atoms with Crippen LogP contribution in [-0.2, 0) is 14.3 Å². The zero-order valence-electron chi connectivity index (χ0n) is 10.9. The molecule has 1 rings (SSSR count). The predicted octanol–water partition coefficient (Wildman–Crippen LogP) is 0.836. The lowest BCUT2D eigenvalue weighted by Crippen LogP contribution is -2.40. The Labute approximate surface area is 108 Å². The molecule has 0 spiro atoms. The van der Waals surface area contributed by atoms with Crippen molar-refractivity contribution in [2.75, 3.05) is 19.7 Å². The van der Waals surface area contributed by atoms with Gasteiger partial charge in [0.15, 0.2) is 0 Å². The van der Waals surface area contributed by atoms with Crippen LogP contribution in [0, 0.1) is 0 Å². The fourth-order valence-electron chi connectivity index (χ4n) is 2.29. The normalized spacial score (nSPS) is 16.6. The van der Waals surface area contributed by atoms with E-state index in [-0.39, 0.29) is 18.4 Å². The van der Waals surface area contributed by atoms with Gasteiger partial charge in [0.2, 0.25) is 5.91 Å². The lowest BCUT2D eigenvalue weighted by molar-refractivity contribution is -0.137. The molecule has 5 heteroatoms. The van der Waals surface area contributed by atoms with E-state index >= 15 is 0 Å². The number of nitrogens with zero attached hydrogens (tertiary/aromatic N) is 1. The first-order chi connectivity index (χ1) is 8.63. The van der Waals surface area contributed by atoms with Gasteiger partial charge in [-0.15, -0.1) is 0 Å². The highest BCUT2D eigenvalue weighted by Gasteiger charge is 2.22. The van der Waals surface area contributed by atoms with Crippen molar-refractivity contribution < 1.29 is 14.3 Å². The van der Waals surface area contributed by atoms with Crippen molar-refractivity contribution in [3.05, 3.63) is 12.2 Å². The standard InChI is InChI=1S/C13H22N2O3/c1-2-18-13(17)8-5-9-15(10-12(14)16)11-6-3-4-7-11/h5,8,11H,2-4,6-7,9-10H2,1H3,(H2,14,16)/b8-5+. The van der Waals surface area contributed by atoms with Gasteiger partial charge in [0.05, 0.1) is 13.2 Å². The maximum atomic E-state index is 11.1. The summed E-state index contributed by atoms with van der Waals surface area (Å²) in [5.41, 5.74) is 5.24. The van der Waals surface area contributed by atoms with E-state index in [0.29, 0.717) is 19.2 Å². The molecule has 0 saturated heterocycles. The highest BCUT2D eigenvalue weighted by atomic mass is 16.5. The summed E-state index contributed by atoms with van der Waals surface area (Å²) in [7, 11) is 0. The first-order valence-corrected chi connectivity index (χ1v) is 6.49. The van der Waals surface area contributed by atoms with Crippen molar-refractivity contribution in [1.29, 1.82) is 0 Å². The molecule has 2 N–H and O–H groups in total. The Bertz CT molecular complexity index is 309. The fraction of sp³-hybridized carbons (Fsp3) is 0.692. The summed E-state index contributed by atoms with van der Waals surface area (Å²) in [5.74, 6) is -0.672. The molecule has 0 aromatic carbocycles. The summed E-state index contributed by atoms with van der Waals surface area (Å²) in [6.07, 6.45) is 7.73. The Hall–Kier alpha value is -1.36. The molecule has 0 atom stereocenters. The molecule has 1 aliphatic rings. The van der Waals surface area contributed by atoms with Gasteiger partial charge in [0.1, 0.15) is 0 Å². The smallest absolute Gasteiger partial charge is 0.330 e. The van der Waals surface area contributed by atoms with Gasteiger partial charge < -0.3 is 10.5 Å². The molecule has 0 aromatic rings. The Morgan fingerprint density at radius 2 is 2.06 bits per heavy atom. The predicted molar refractivity (Wildman–Crippen MR) is 68.8 cm³/mol. The molecule has 102 valence electrons. The van der Waals surface area contributed by atoms with Crippen LogP contribution in [-0.4, -0.2) is 42.5 Å². The van der Waals surface area contributed by atoms with Crippen molar-refractivity contribution in [2.45, 2.75) is 38.6 Å². The summed E-state index contributed by atoms with van der Waals surface area (Å²) in [4.78, 5) is 24.2. The SMILES string of the molecule is CCOC(=O)/C=C/CN(CC(N)=O)C1CCCC1. The van der Waals surface area contributed by atoms with E-state index in [9.17, 15) is 9.59 Å². The molecule has 0 heterocycles. The molecule has 1 aliphatic carbocycles. The Morgan fingerprint density at radius 1 is 1.39 bits per heavy atom. The van der Waals surface area contributed by atoms with Gasteiger partial charge in [-0.2, -0.15) is 0 Å². The molecule has 0 aliphatic heterocycles. The van der Waals surface area contributed by atoms with Crippen LogP contribution >= 0.6 is 0 Å². The van der Waals surface area contributed by atoms with Crippen LogP contribution in [0.4, 0.5) is 0 Å². The third-order valence-corrected chi connectivity index (χ3v) is 3.08. The maximum Gasteiger partial charge on any atom is 0.330 e. The van der Waals surface area contributed by atoms with Crippen LogP contribution in [0.3, 0.4) is 0 Å². The number of carbonyl (C=O) groups is 2. The van der Waals surface area contributed by atoms with E-state index in [4.69, 9.17) is 10.5 Å². The van der Waals surface area contributed by atoms with E-state index in [0.717, 1.165) is 12.8 Å². The maximum absolute atomic E-state index is 11.1. The number of hydrogen-bond acceptors (Lipinski definition) is 4. The Kier molecular flexibility index (Phi) is 6.43. The number of amides is 1. The van der Waals surface area contributed by atoms with E-state index in [2.05, 4.69) is 0 Å². The Morgan fingerprint density at radius 3 is 2.61 bits per heavy atom. The second-order valence-electron chi connectivity index (χ2n) is 4.49. The van der Waals surface area contributed by atoms with Crippen LogP contribution in [0.1, 0.15) is 32.6 Å². The van der Waals surface area contributed by atoms with Crippen molar-refractivity contribution in [3.8, 4) is 0 Å². The van der Waals surface area contributed by atoms with Gasteiger partial charge in [-0.05, 0) is 19.8 Å². The van der Waals surface area contributed by atoms with Crippen molar-refractivity contribution in [3.63, 3.8) is 0 Å². The molecule has 1 fully saturated rings. The highest BCUT2D eigenvalue weighted by Crippen LogP contribution is 2.23. The average Bonchev–Trinajstić information content (AvgIpc) is 2.81. The van der Waals surface area contributed by atoms with Crippen molar-refractivity contribution >= 4 is 11.9 Å². The quantitative estimate of drug-likeness (QED) is 0.539. The number of esters is 1. The van der Waals surface area contributed by atoms with Crippen molar-refractivity contribution in [1.82, 2.24) is 4.90 Å². The summed E-state index contributed by atoms with van der Waals surface area (Å²) in [6.45, 7) is 2.95. The molecule has 1 saturated carbocycles. The highest BCUT2D eigenvalue weighted by molar-refractivity contribution is 5.81. The van der Waals surface area contributed by atoms with Gasteiger partial charge in [0, 0.05) is 18.7 Å². The summed E-state index contributed by atoms with van der Waals surface area (Å²) in [5, 5.41) is 0. The average molecular weight is 254 g/mol. The zero-order chi connectivity index (χ0) is 13.4. The van der Waals surface area contributed by atoms with Crippen LogP contribution in [0.5, 0.6) is 0 Å². The summed E-state index contributed by atoms with van der Waals surface area (Å²) >= 11 is 0. The minimum atomic E-state index is -0.344. The fourth-order valence-corrected chi connectivity index (χ4v) is 2.29. The van der Waals surface area contributed by atoms with Crippen LogP contribution in [0.15, 0.2) is 12.2 Å². The Balaban J connectivity index is 2.45. The number of ether oxygens (including phenoxy) is 1. The second-order valence-corrected chi connectivity index (χ2v) is 4.49. The molecule has 5 nitrogen and oxygen atoms in total. The number of carbonyl (C=O) groups excluding carboxylic acids is 2. The van der Waals surface area contributed by atoms with Gasteiger partial charge in [-0.3, -0.25) is 9.69 Å². The topological polar surface area (TPSA) is 72.6 Å². The van der Waals surface area contributed by atoms with E-state index in [1.54, 1.807) is 13.0 Å². The van der Waals surface area contributed by atoms with Gasteiger partial charge in [0.25, 0.3) is 0 Å². The van der Waals surface area contributed by atoms with Gasteiger partial charge in [-0.1, -0.05) is 18.9 Å². The molecular weight excluding hydrogens is 232 g/mol.